The van der Waals surface area contributed by atoms with Gasteiger partial charge in [-0.3, -0.25) is 9.59 Å². The van der Waals surface area contributed by atoms with E-state index < -0.39 is 0 Å². The van der Waals surface area contributed by atoms with E-state index in [-0.39, 0.29) is 17.9 Å². The number of phenols is 1. The van der Waals surface area contributed by atoms with Crippen molar-refractivity contribution < 1.29 is 24.2 Å². The molecule has 0 aliphatic carbocycles. The number of methoxy groups -OCH3 is 1. The smallest absolute Gasteiger partial charge is 0.153 e. The highest BCUT2D eigenvalue weighted by atomic mass is 16.5. The number of carbonyl (C=O) groups excluding carboxylic acids is 2. The third-order valence-corrected chi connectivity index (χ3v) is 2.99. The molecule has 0 unspecified atom stereocenters. The molecule has 0 fully saturated rings. The van der Waals surface area contributed by atoms with Crippen LogP contribution in [0, 0.1) is 0 Å². The molecule has 0 saturated carbocycles. The van der Waals surface area contributed by atoms with Crippen LogP contribution in [0.25, 0.3) is 0 Å². The Balaban J connectivity index is 2.25. The second kappa shape index (κ2) is 6.56. The largest absolute Gasteiger partial charge is 0.507 e. The lowest BCUT2D eigenvalue weighted by Gasteiger charge is -2.12. The van der Waals surface area contributed by atoms with Crippen molar-refractivity contribution >= 4 is 12.6 Å². The van der Waals surface area contributed by atoms with Crippen molar-refractivity contribution in [2.45, 2.75) is 6.61 Å². The first-order valence-corrected chi connectivity index (χ1v) is 6.21. The fourth-order valence-electron chi connectivity index (χ4n) is 1.89. The maximum Gasteiger partial charge on any atom is 0.153 e. The number of rotatable bonds is 6. The van der Waals surface area contributed by atoms with Gasteiger partial charge in [0.25, 0.3) is 0 Å². The molecular formula is C16H14O5. The third kappa shape index (κ3) is 3.20. The fourth-order valence-corrected chi connectivity index (χ4v) is 1.89. The number of hydrogen-bond acceptors (Lipinski definition) is 5. The van der Waals surface area contributed by atoms with Crippen LogP contribution in [-0.2, 0) is 6.61 Å². The maximum atomic E-state index is 10.9. The van der Waals surface area contributed by atoms with Crippen molar-refractivity contribution in [3.8, 4) is 17.2 Å². The van der Waals surface area contributed by atoms with Gasteiger partial charge in [0, 0.05) is 5.56 Å². The molecule has 0 saturated heterocycles. The minimum Gasteiger partial charge on any atom is -0.507 e. The number of ether oxygens (including phenoxy) is 2. The molecule has 2 aromatic rings. The number of benzene rings is 2. The second-order valence-corrected chi connectivity index (χ2v) is 4.29. The van der Waals surface area contributed by atoms with Gasteiger partial charge in [0.2, 0.25) is 0 Å². The molecule has 0 atom stereocenters. The van der Waals surface area contributed by atoms with Crippen LogP contribution in [0.3, 0.4) is 0 Å². The van der Waals surface area contributed by atoms with Crippen LogP contribution < -0.4 is 9.47 Å². The zero-order valence-electron chi connectivity index (χ0n) is 11.4. The van der Waals surface area contributed by atoms with Crippen LogP contribution in [0.4, 0.5) is 0 Å². The first kappa shape index (κ1) is 14.6. The van der Waals surface area contributed by atoms with E-state index in [2.05, 4.69) is 0 Å². The number of aldehydes is 2. The van der Waals surface area contributed by atoms with Gasteiger partial charge in [-0.05, 0) is 24.3 Å². The predicted molar refractivity (Wildman–Crippen MR) is 76.2 cm³/mol. The molecule has 2 rings (SSSR count). The van der Waals surface area contributed by atoms with Crippen molar-refractivity contribution in [1.29, 1.82) is 0 Å². The Labute approximate surface area is 121 Å². The molecule has 0 spiro atoms. The molecule has 0 aliphatic rings. The van der Waals surface area contributed by atoms with E-state index in [9.17, 15) is 14.7 Å². The van der Waals surface area contributed by atoms with Crippen LogP contribution in [0.1, 0.15) is 26.3 Å². The lowest BCUT2D eigenvalue weighted by Crippen LogP contribution is -2.01. The molecule has 0 bridgehead atoms. The van der Waals surface area contributed by atoms with Gasteiger partial charge in [-0.15, -0.1) is 0 Å². The van der Waals surface area contributed by atoms with Crippen LogP contribution >= 0.6 is 0 Å². The van der Waals surface area contributed by atoms with Gasteiger partial charge in [-0.2, -0.15) is 0 Å². The maximum absolute atomic E-state index is 10.9. The molecule has 108 valence electrons. The number of hydrogen-bond donors (Lipinski definition) is 1. The summed E-state index contributed by atoms with van der Waals surface area (Å²) in [5.41, 5.74) is 1.15. The summed E-state index contributed by atoms with van der Waals surface area (Å²) in [6, 6.07) is 9.66. The van der Waals surface area contributed by atoms with E-state index in [1.165, 1.54) is 19.2 Å². The molecule has 1 N–H and O–H groups in total. The molecule has 0 heterocycles. The van der Waals surface area contributed by atoms with Gasteiger partial charge < -0.3 is 14.6 Å². The number of phenolic OH excluding ortho intramolecular Hbond substituents is 1. The first-order chi connectivity index (χ1) is 10.2. The summed E-state index contributed by atoms with van der Waals surface area (Å²) in [6.07, 6.45) is 1.25. The van der Waals surface area contributed by atoms with Gasteiger partial charge in [-0.25, -0.2) is 0 Å². The van der Waals surface area contributed by atoms with Crippen LogP contribution in [-0.4, -0.2) is 24.8 Å². The van der Waals surface area contributed by atoms with Crippen molar-refractivity contribution in [1.82, 2.24) is 0 Å². The topological polar surface area (TPSA) is 72.8 Å². The fraction of sp³-hybridized carbons (Fsp3) is 0.125. The van der Waals surface area contributed by atoms with Crippen molar-refractivity contribution in [2.24, 2.45) is 0 Å². The number of para-hydroxylation sites is 1. The van der Waals surface area contributed by atoms with Crippen LogP contribution in [0.2, 0.25) is 0 Å². The summed E-state index contributed by atoms with van der Waals surface area (Å²) in [4.78, 5) is 21.7. The van der Waals surface area contributed by atoms with E-state index in [0.29, 0.717) is 35.2 Å². The van der Waals surface area contributed by atoms with Gasteiger partial charge in [0.05, 0.1) is 18.2 Å². The SMILES string of the molecule is COc1cc(C=O)c(O)cc1COc1ccccc1C=O. The Bertz CT molecular complexity index is 664. The summed E-state index contributed by atoms with van der Waals surface area (Å²) in [5.74, 6) is 0.722. The highest BCUT2D eigenvalue weighted by molar-refractivity contribution is 5.80. The van der Waals surface area contributed by atoms with E-state index in [1.807, 2.05) is 0 Å². The Morgan fingerprint density at radius 2 is 1.76 bits per heavy atom. The van der Waals surface area contributed by atoms with Gasteiger partial charge in [0.15, 0.2) is 12.6 Å². The zero-order valence-corrected chi connectivity index (χ0v) is 11.4. The molecule has 0 radical (unpaired) electrons. The highest BCUT2D eigenvalue weighted by Gasteiger charge is 2.11. The summed E-state index contributed by atoms with van der Waals surface area (Å²) in [7, 11) is 1.46. The Morgan fingerprint density at radius 3 is 2.43 bits per heavy atom. The van der Waals surface area contributed by atoms with Crippen LogP contribution in [0.5, 0.6) is 17.2 Å². The van der Waals surface area contributed by atoms with Gasteiger partial charge >= 0.3 is 0 Å². The normalized spacial score (nSPS) is 9.95. The van der Waals surface area contributed by atoms with Gasteiger partial charge in [0.1, 0.15) is 23.9 Å². The Morgan fingerprint density at radius 1 is 1.05 bits per heavy atom. The molecule has 5 nitrogen and oxygen atoms in total. The minimum absolute atomic E-state index is 0.0979. The van der Waals surface area contributed by atoms with E-state index in [1.54, 1.807) is 24.3 Å². The lowest BCUT2D eigenvalue weighted by molar-refractivity contribution is 0.111. The summed E-state index contributed by atoms with van der Waals surface area (Å²) in [6.45, 7) is 0.0979. The quantitative estimate of drug-likeness (QED) is 0.826. The molecule has 21 heavy (non-hydrogen) atoms. The number of carbonyl (C=O) groups is 2. The summed E-state index contributed by atoms with van der Waals surface area (Å²) >= 11 is 0. The Hall–Kier alpha value is -2.82. The van der Waals surface area contributed by atoms with Crippen molar-refractivity contribution in [2.75, 3.05) is 7.11 Å². The van der Waals surface area contributed by atoms with Gasteiger partial charge in [-0.1, -0.05) is 12.1 Å². The highest BCUT2D eigenvalue weighted by Crippen LogP contribution is 2.28. The zero-order chi connectivity index (χ0) is 15.2. The number of aromatic hydroxyl groups is 1. The monoisotopic (exact) mass is 286 g/mol. The van der Waals surface area contributed by atoms with Crippen molar-refractivity contribution in [3.63, 3.8) is 0 Å². The predicted octanol–water partition coefficient (Wildman–Crippen LogP) is 2.60. The lowest BCUT2D eigenvalue weighted by atomic mass is 10.1. The van der Waals surface area contributed by atoms with E-state index in [0.717, 1.165) is 0 Å². The standard InChI is InChI=1S/C16H14O5/c1-20-16-7-12(9-18)14(19)6-13(16)10-21-15-5-3-2-4-11(15)8-17/h2-9,19H,10H2,1H3. The third-order valence-electron chi connectivity index (χ3n) is 2.99. The second-order valence-electron chi connectivity index (χ2n) is 4.29. The first-order valence-electron chi connectivity index (χ1n) is 6.21. The Kier molecular flexibility index (Phi) is 4.56. The average Bonchev–Trinajstić information content (AvgIpc) is 2.53. The van der Waals surface area contributed by atoms with Crippen LogP contribution in [0.15, 0.2) is 36.4 Å². The molecule has 2 aromatic carbocycles. The minimum atomic E-state index is -0.145. The van der Waals surface area contributed by atoms with E-state index in [4.69, 9.17) is 9.47 Å². The summed E-state index contributed by atoms with van der Waals surface area (Å²) < 4.78 is 10.7. The van der Waals surface area contributed by atoms with E-state index >= 15 is 0 Å². The molecule has 0 aliphatic heterocycles. The molecule has 0 amide bonds. The average molecular weight is 286 g/mol. The summed E-state index contributed by atoms with van der Waals surface area (Å²) in [5, 5.41) is 9.71. The molecular weight excluding hydrogens is 272 g/mol. The molecule has 5 heteroatoms. The molecule has 0 aromatic heterocycles. The van der Waals surface area contributed by atoms with Crippen molar-refractivity contribution in [3.05, 3.63) is 53.1 Å².